The van der Waals surface area contributed by atoms with Gasteiger partial charge in [0.05, 0.1) is 17.3 Å². The predicted octanol–water partition coefficient (Wildman–Crippen LogP) is 3.23. The number of nitrogens with zero attached hydrogens (tertiary/aromatic N) is 4. The largest absolute Gasteiger partial charge is 0.224 e. The first-order chi connectivity index (χ1) is 8.25. The summed E-state index contributed by atoms with van der Waals surface area (Å²) in [7, 11) is 0. The van der Waals surface area contributed by atoms with Crippen LogP contribution in [0.4, 0.5) is 0 Å². The molecule has 0 amide bonds. The SMILES string of the molecule is Clc1ncnc2c1cnn2-c1ccc(Br)cc1. The molecule has 0 bridgehead atoms. The number of hydrogen-bond acceptors (Lipinski definition) is 3. The fourth-order valence-corrected chi connectivity index (χ4v) is 2.03. The quantitative estimate of drug-likeness (QED) is 0.648. The molecule has 17 heavy (non-hydrogen) atoms. The highest BCUT2D eigenvalue weighted by molar-refractivity contribution is 9.10. The van der Waals surface area contributed by atoms with Crippen LogP contribution in [0.3, 0.4) is 0 Å². The summed E-state index contributed by atoms with van der Waals surface area (Å²) in [5.41, 5.74) is 1.63. The average Bonchev–Trinajstić information content (AvgIpc) is 2.75. The Bertz CT molecular complexity index is 678. The fraction of sp³-hybridized carbons (Fsp3) is 0. The molecule has 1 aromatic carbocycles. The summed E-state index contributed by atoms with van der Waals surface area (Å²) in [5, 5.41) is 5.43. The molecule has 0 N–H and O–H groups in total. The zero-order chi connectivity index (χ0) is 11.8. The predicted molar refractivity (Wildman–Crippen MR) is 69.4 cm³/mol. The van der Waals surface area contributed by atoms with Gasteiger partial charge in [0.1, 0.15) is 11.5 Å². The minimum atomic E-state index is 0.415. The lowest BCUT2D eigenvalue weighted by molar-refractivity contribution is 0.895. The summed E-state index contributed by atoms with van der Waals surface area (Å²) in [4.78, 5) is 8.12. The third-order valence-corrected chi connectivity index (χ3v) is 3.22. The first-order valence-corrected chi connectivity index (χ1v) is 6.03. The van der Waals surface area contributed by atoms with E-state index in [4.69, 9.17) is 11.6 Å². The van der Waals surface area contributed by atoms with Crippen molar-refractivity contribution in [3.8, 4) is 5.69 Å². The van der Waals surface area contributed by atoms with Crippen LogP contribution in [0.2, 0.25) is 5.15 Å². The molecule has 0 unspecified atom stereocenters. The van der Waals surface area contributed by atoms with Gasteiger partial charge in [-0.2, -0.15) is 5.10 Å². The standard InChI is InChI=1S/C11H6BrClN4/c12-7-1-3-8(4-2-7)17-11-9(5-16-17)10(13)14-6-15-11/h1-6H. The van der Waals surface area contributed by atoms with Gasteiger partial charge in [0.15, 0.2) is 5.65 Å². The van der Waals surface area contributed by atoms with Crippen molar-refractivity contribution in [3.05, 3.63) is 46.4 Å². The molecule has 0 fully saturated rings. The molecule has 6 heteroatoms. The number of benzene rings is 1. The van der Waals surface area contributed by atoms with Crippen LogP contribution in [-0.2, 0) is 0 Å². The van der Waals surface area contributed by atoms with Crippen molar-refractivity contribution >= 4 is 38.6 Å². The maximum absolute atomic E-state index is 5.97. The van der Waals surface area contributed by atoms with Crippen molar-refractivity contribution in [1.29, 1.82) is 0 Å². The van der Waals surface area contributed by atoms with Gasteiger partial charge in [-0.25, -0.2) is 14.6 Å². The highest BCUT2D eigenvalue weighted by Crippen LogP contribution is 2.22. The van der Waals surface area contributed by atoms with E-state index < -0.39 is 0 Å². The molecule has 0 aliphatic carbocycles. The molecule has 0 saturated carbocycles. The number of aromatic nitrogens is 4. The smallest absolute Gasteiger partial charge is 0.167 e. The lowest BCUT2D eigenvalue weighted by Gasteiger charge is -2.02. The summed E-state index contributed by atoms with van der Waals surface area (Å²) in [6.45, 7) is 0. The van der Waals surface area contributed by atoms with Crippen molar-refractivity contribution in [2.75, 3.05) is 0 Å². The molecule has 3 rings (SSSR count). The van der Waals surface area contributed by atoms with Crippen LogP contribution in [-0.4, -0.2) is 19.7 Å². The van der Waals surface area contributed by atoms with Crippen LogP contribution in [0, 0.1) is 0 Å². The third kappa shape index (κ3) is 1.81. The molecule has 0 radical (unpaired) electrons. The van der Waals surface area contributed by atoms with E-state index in [-0.39, 0.29) is 0 Å². The van der Waals surface area contributed by atoms with E-state index in [0.29, 0.717) is 10.8 Å². The van der Waals surface area contributed by atoms with E-state index in [1.54, 1.807) is 10.9 Å². The van der Waals surface area contributed by atoms with Gasteiger partial charge in [0.25, 0.3) is 0 Å². The fourth-order valence-electron chi connectivity index (χ4n) is 1.59. The lowest BCUT2D eigenvalue weighted by Crippen LogP contribution is -1.97. The van der Waals surface area contributed by atoms with Gasteiger partial charge in [0, 0.05) is 4.47 Å². The summed E-state index contributed by atoms with van der Waals surface area (Å²) < 4.78 is 2.75. The molecule has 84 valence electrons. The number of hydrogen-bond donors (Lipinski definition) is 0. The minimum absolute atomic E-state index is 0.415. The molecule has 0 atom stereocenters. The van der Waals surface area contributed by atoms with Crippen LogP contribution in [0.1, 0.15) is 0 Å². The molecular formula is C11H6BrClN4. The maximum Gasteiger partial charge on any atom is 0.167 e. The molecule has 0 aliphatic rings. The van der Waals surface area contributed by atoms with E-state index in [2.05, 4.69) is 31.0 Å². The molecule has 3 aromatic rings. The van der Waals surface area contributed by atoms with Gasteiger partial charge < -0.3 is 0 Å². The molecule has 0 spiro atoms. The summed E-state index contributed by atoms with van der Waals surface area (Å²) in [5.74, 6) is 0. The Hall–Kier alpha value is -1.46. The molecule has 2 heterocycles. The van der Waals surface area contributed by atoms with Crippen LogP contribution in [0.15, 0.2) is 41.3 Å². The van der Waals surface area contributed by atoms with Crippen LogP contribution in [0.25, 0.3) is 16.7 Å². The average molecular weight is 310 g/mol. The summed E-state index contributed by atoms with van der Waals surface area (Å²) in [6, 6.07) is 7.80. The first kappa shape index (κ1) is 10.7. The second kappa shape index (κ2) is 4.09. The van der Waals surface area contributed by atoms with Crippen LogP contribution < -0.4 is 0 Å². The molecular weight excluding hydrogens is 304 g/mol. The van der Waals surface area contributed by atoms with Gasteiger partial charge in [0.2, 0.25) is 0 Å². The molecule has 0 aliphatic heterocycles. The maximum atomic E-state index is 5.97. The molecule has 0 saturated heterocycles. The Morgan fingerprint density at radius 1 is 1.12 bits per heavy atom. The van der Waals surface area contributed by atoms with Gasteiger partial charge in [-0.15, -0.1) is 0 Å². The summed E-state index contributed by atoms with van der Waals surface area (Å²) >= 11 is 9.36. The van der Waals surface area contributed by atoms with Crippen LogP contribution >= 0.6 is 27.5 Å². The van der Waals surface area contributed by atoms with E-state index >= 15 is 0 Å². The van der Waals surface area contributed by atoms with E-state index in [9.17, 15) is 0 Å². The van der Waals surface area contributed by atoms with Crippen molar-refractivity contribution in [1.82, 2.24) is 19.7 Å². The Balaban J connectivity index is 2.24. The van der Waals surface area contributed by atoms with Gasteiger partial charge >= 0.3 is 0 Å². The number of fused-ring (bicyclic) bond motifs is 1. The Kier molecular flexibility index (Phi) is 2.57. The van der Waals surface area contributed by atoms with Crippen molar-refractivity contribution in [2.24, 2.45) is 0 Å². The number of rotatable bonds is 1. The topological polar surface area (TPSA) is 43.6 Å². The van der Waals surface area contributed by atoms with Crippen LogP contribution in [0.5, 0.6) is 0 Å². The van der Waals surface area contributed by atoms with Crippen molar-refractivity contribution < 1.29 is 0 Å². The monoisotopic (exact) mass is 308 g/mol. The van der Waals surface area contributed by atoms with Gasteiger partial charge in [-0.05, 0) is 24.3 Å². The highest BCUT2D eigenvalue weighted by Gasteiger charge is 2.09. The summed E-state index contributed by atoms with van der Waals surface area (Å²) in [6.07, 6.45) is 3.10. The van der Waals surface area contributed by atoms with E-state index in [1.807, 2.05) is 24.3 Å². The molecule has 2 aromatic heterocycles. The zero-order valence-corrected chi connectivity index (χ0v) is 10.9. The van der Waals surface area contributed by atoms with Crippen molar-refractivity contribution in [2.45, 2.75) is 0 Å². The first-order valence-electron chi connectivity index (χ1n) is 4.86. The van der Waals surface area contributed by atoms with E-state index in [1.165, 1.54) is 6.33 Å². The van der Waals surface area contributed by atoms with E-state index in [0.717, 1.165) is 15.5 Å². The Labute approximate surface area is 110 Å². The lowest BCUT2D eigenvalue weighted by atomic mass is 10.3. The van der Waals surface area contributed by atoms with Gasteiger partial charge in [-0.3, -0.25) is 0 Å². The molecule has 4 nitrogen and oxygen atoms in total. The Morgan fingerprint density at radius 2 is 1.88 bits per heavy atom. The second-order valence-electron chi connectivity index (χ2n) is 3.43. The number of halogens is 2. The second-order valence-corrected chi connectivity index (χ2v) is 4.71. The van der Waals surface area contributed by atoms with Gasteiger partial charge in [-0.1, -0.05) is 27.5 Å². The highest BCUT2D eigenvalue weighted by atomic mass is 79.9. The van der Waals surface area contributed by atoms with Crippen molar-refractivity contribution in [3.63, 3.8) is 0 Å². The minimum Gasteiger partial charge on any atom is -0.224 e. The Morgan fingerprint density at radius 3 is 2.65 bits per heavy atom. The zero-order valence-electron chi connectivity index (χ0n) is 8.51. The third-order valence-electron chi connectivity index (χ3n) is 2.39. The normalized spacial score (nSPS) is 10.9.